The van der Waals surface area contributed by atoms with Gasteiger partial charge in [-0.05, 0) is 36.4 Å². The van der Waals surface area contributed by atoms with E-state index in [0.717, 1.165) is 12.8 Å². The molecule has 1 aromatic rings. The van der Waals surface area contributed by atoms with Gasteiger partial charge in [0.05, 0.1) is 17.9 Å². The van der Waals surface area contributed by atoms with Crippen LogP contribution >= 0.6 is 11.6 Å². The van der Waals surface area contributed by atoms with Crippen molar-refractivity contribution in [2.75, 3.05) is 0 Å². The smallest absolute Gasteiger partial charge is 0.257 e. The summed E-state index contributed by atoms with van der Waals surface area (Å²) in [6.07, 6.45) is 3.34. The van der Waals surface area contributed by atoms with Crippen molar-refractivity contribution in [3.8, 4) is 6.07 Å². The maximum atomic E-state index is 11.6. The SMILES string of the molecule is N#CC(NC(=O)c1ccoc1Cl)C1CC1. The highest BCUT2D eigenvalue weighted by atomic mass is 35.5. The number of carbonyl (C=O) groups is 1. The van der Waals surface area contributed by atoms with Gasteiger partial charge in [-0.25, -0.2) is 0 Å². The molecule has 1 aliphatic rings. The molecule has 1 N–H and O–H groups in total. The summed E-state index contributed by atoms with van der Waals surface area (Å²) in [5.41, 5.74) is 0.276. The van der Waals surface area contributed by atoms with Gasteiger partial charge >= 0.3 is 0 Å². The van der Waals surface area contributed by atoms with Gasteiger partial charge in [0, 0.05) is 0 Å². The van der Waals surface area contributed by atoms with Crippen molar-refractivity contribution in [1.29, 1.82) is 5.26 Å². The number of nitriles is 1. The van der Waals surface area contributed by atoms with Crippen molar-refractivity contribution in [1.82, 2.24) is 5.32 Å². The Morgan fingerprint density at radius 3 is 2.93 bits per heavy atom. The molecule has 0 saturated heterocycles. The van der Waals surface area contributed by atoms with Crippen LogP contribution in [-0.4, -0.2) is 11.9 Å². The summed E-state index contributed by atoms with van der Waals surface area (Å²) >= 11 is 5.65. The maximum absolute atomic E-state index is 11.6. The molecule has 5 heteroatoms. The molecule has 0 bridgehead atoms. The first kappa shape index (κ1) is 10.1. The molecule has 1 fully saturated rings. The van der Waals surface area contributed by atoms with Gasteiger partial charge in [-0.1, -0.05) is 0 Å². The van der Waals surface area contributed by atoms with Gasteiger partial charge in [0.25, 0.3) is 5.91 Å². The van der Waals surface area contributed by atoms with E-state index in [2.05, 4.69) is 11.4 Å². The summed E-state index contributed by atoms with van der Waals surface area (Å²) in [6.45, 7) is 0. The van der Waals surface area contributed by atoms with Crippen LogP contribution in [0.1, 0.15) is 23.2 Å². The van der Waals surface area contributed by atoms with Gasteiger partial charge in [0.1, 0.15) is 6.04 Å². The molecule has 1 unspecified atom stereocenters. The fraction of sp³-hybridized carbons (Fsp3) is 0.400. The van der Waals surface area contributed by atoms with Gasteiger partial charge in [-0.3, -0.25) is 4.79 Å². The fourth-order valence-corrected chi connectivity index (χ4v) is 1.56. The van der Waals surface area contributed by atoms with Gasteiger partial charge in [0.15, 0.2) is 0 Å². The van der Waals surface area contributed by atoms with Crippen molar-refractivity contribution in [3.05, 3.63) is 23.1 Å². The highest BCUT2D eigenvalue weighted by molar-refractivity contribution is 6.32. The molecule has 1 heterocycles. The number of hydrogen-bond donors (Lipinski definition) is 1. The number of halogens is 1. The highest BCUT2D eigenvalue weighted by Gasteiger charge is 2.32. The monoisotopic (exact) mass is 224 g/mol. The molecular weight excluding hydrogens is 216 g/mol. The lowest BCUT2D eigenvalue weighted by molar-refractivity contribution is 0.0941. The van der Waals surface area contributed by atoms with E-state index in [1.54, 1.807) is 0 Å². The predicted molar refractivity (Wildman–Crippen MR) is 53.3 cm³/mol. The van der Waals surface area contributed by atoms with E-state index in [-0.39, 0.29) is 16.7 Å². The summed E-state index contributed by atoms with van der Waals surface area (Å²) in [5, 5.41) is 11.5. The summed E-state index contributed by atoms with van der Waals surface area (Å²) in [5.74, 6) is -0.0585. The number of hydrogen-bond acceptors (Lipinski definition) is 3. The Balaban J connectivity index is 2.03. The first-order valence-corrected chi connectivity index (χ1v) is 5.03. The molecule has 1 amide bonds. The summed E-state index contributed by atoms with van der Waals surface area (Å²) in [6, 6.07) is 3.14. The zero-order chi connectivity index (χ0) is 10.8. The second kappa shape index (κ2) is 3.95. The van der Waals surface area contributed by atoms with Crippen LogP contribution in [0, 0.1) is 17.2 Å². The lowest BCUT2D eigenvalue weighted by atomic mass is 10.2. The molecule has 2 rings (SSSR count). The normalized spacial score (nSPS) is 16.8. The van der Waals surface area contributed by atoms with E-state index >= 15 is 0 Å². The molecule has 4 nitrogen and oxygen atoms in total. The van der Waals surface area contributed by atoms with Crippen molar-refractivity contribution < 1.29 is 9.21 Å². The predicted octanol–water partition coefficient (Wildman–Crippen LogP) is 1.96. The Kier molecular flexibility index (Phi) is 2.65. The van der Waals surface area contributed by atoms with E-state index in [1.165, 1.54) is 12.3 Å². The number of nitrogens with one attached hydrogen (secondary N) is 1. The van der Waals surface area contributed by atoms with E-state index in [1.807, 2.05) is 0 Å². The van der Waals surface area contributed by atoms with Gasteiger partial charge in [0.2, 0.25) is 5.22 Å². The Hall–Kier alpha value is -1.47. The van der Waals surface area contributed by atoms with Crippen LogP contribution in [-0.2, 0) is 0 Å². The molecule has 15 heavy (non-hydrogen) atoms. The third-order valence-corrected chi connectivity index (χ3v) is 2.67. The van der Waals surface area contributed by atoms with E-state index in [9.17, 15) is 4.79 Å². The summed E-state index contributed by atoms with van der Waals surface area (Å²) < 4.78 is 4.80. The molecule has 1 atom stereocenters. The first-order valence-electron chi connectivity index (χ1n) is 4.66. The molecular formula is C10H9ClN2O2. The van der Waals surface area contributed by atoms with Crippen LogP contribution in [0.5, 0.6) is 0 Å². The lowest BCUT2D eigenvalue weighted by Gasteiger charge is -2.08. The van der Waals surface area contributed by atoms with Crippen LogP contribution in [0.3, 0.4) is 0 Å². The van der Waals surface area contributed by atoms with E-state index in [4.69, 9.17) is 21.3 Å². The third-order valence-electron chi connectivity index (χ3n) is 2.38. The standard InChI is InChI=1S/C10H9ClN2O2/c11-9-7(3-4-15-9)10(14)13-8(5-12)6-1-2-6/h3-4,6,8H,1-2H2,(H,13,14). The number of amides is 1. The number of nitrogens with zero attached hydrogens (tertiary/aromatic N) is 1. The first-order chi connectivity index (χ1) is 7.22. The fourth-order valence-electron chi connectivity index (χ4n) is 1.36. The molecule has 0 spiro atoms. The van der Waals surface area contributed by atoms with Crippen LogP contribution in [0.15, 0.2) is 16.7 Å². The Morgan fingerprint density at radius 1 is 1.73 bits per heavy atom. The summed E-state index contributed by atoms with van der Waals surface area (Å²) in [4.78, 5) is 11.6. The van der Waals surface area contributed by atoms with Crippen LogP contribution in [0.25, 0.3) is 0 Å². The van der Waals surface area contributed by atoms with Crippen molar-refractivity contribution in [3.63, 3.8) is 0 Å². The largest absolute Gasteiger partial charge is 0.452 e. The molecule has 1 saturated carbocycles. The maximum Gasteiger partial charge on any atom is 0.257 e. The van der Waals surface area contributed by atoms with Crippen LogP contribution in [0.4, 0.5) is 0 Å². The number of carbonyl (C=O) groups excluding carboxylic acids is 1. The van der Waals surface area contributed by atoms with Gasteiger partial charge in [-0.15, -0.1) is 0 Å². The molecule has 0 aliphatic heterocycles. The molecule has 1 aliphatic carbocycles. The number of rotatable bonds is 3. The average molecular weight is 225 g/mol. The molecule has 0 aromatic carbocycles. The topological polar surface area (TPSA) is 66.0 Å². The number of furan rings is 1. The highest BCUT2D eigenvalue weighted by Crippen LogP contribution is 2.32. The average Bonchev–Trinajstić information content (AvgIpc) is 2.97. The van der Waals surface area contributed by atoms with Crippen LogP contribution in [0.2, 0.25) is 5.22 Å². The lowest BCUT2D eigenvalue weighted by Crippen LogP contribution is -2.35. The molecule has 78 valence electrons. The second-order valence-electron chi connectivity index (χ2n) is 3.53. The third kappa shape index (κ3) is 2.13. The zero-order valence-corrected chi connectivity index (χ0v) is 8.62. The van der Waals surface area contributed by atoms with Gasteiger partial charge < -0.3 is 9.73 Å². The minimum atomic E-state index is -0.413. The molecule has 0 radical (unpaired) electrons. The van der Waals surface area contributed by atoms with Gasteiger partial charge in [-0.2, -0.15) is 5.26 Å². The van der Waals surface area contributed by atoms with E-state index in [0.29, 0.717) is 5.92 Å². The van der Waals surface area contributed by atoms with Crippen molar-refractivity contribution >= 4 is 17.5 Å². The Labute approximate surface area is 91.8 Å². The van der Waals surface area contributed by atoms with E-state index < -0.39 is 6.04 Å². The van der Waals surface area contributed by atoms with Crippen molar-refractivity contribution in [2.45, 2.75) is 18.9 Å². The minimum absolute atomic E-state index is 0.0555. The van der Waals surface area contributed by atoms with Crippen molar-refractivity contribution in [2.24, 2.45) is 5.92 Å². The quantitative estimate of drug-likeness (QED) is 0.854. The summed E-state index contributed by atoms with van der Waals surface area (Å²) in [7, 11) is 0. The molecule has 1 aromatic heterocycles. The Bertz CT molecular complexity index is 417. The second-order valence-corrected chi connectivity index (χ2v) is 3.87. The van der Waals surface area contributed by atoms with Crippen LogP contribution < -0.4 is 5.32 Å². The zero-order valence-electron chi connectivity index (χ0n) is 7.87. The Morgan fingerprint density at radius 2 is 2.47 bits per heavy atom. The minimum Gasteiger partial charge on any atom is -0.452 e.